The van der Waals surface area contributed by atoms with Gasteiger partial charge in [0.2, 0.25) is 0 Å². The second-order valence-corrected chi connectivity index (χ2v) is 6.15. The number of carbonyl (C=O) groups is 1. The molecule has 0 atom stereocenters. The highest BCUT2D eigenvalue weighted by Crippen LogP contribution is 2.29. The Hall–Kier alpha value is -1.82. The molecule has 6 heteroatoms. The zero-order valence-corrected chi connectivity index (χ0v) is 12.1. The van der Waals surface area contributed by atoms with Crippen LogP contribution in [0.1, 0.15) is 40.2 Å². The van der Waals surface area contributed by atoms with Crippen LogP contribution in [0.15, 0.2) is 18.2 Å². The lowest BCUT2D eigenvalue weighted by atomic mass is 10.2. The molecule has 2 aromatic rings. The number of carbonyl (C=O) groups excluding carboxylic acids is 1. The van der Waals surface area contributed by atoms with Crippen LogP contribution in [0.25, 0.3) is 0 Å². The number of hydrogen-bond donors (Lipinski definition) is 1. The number of hydrogen-bond acceptors (Lipinski definition) is 3. The maximum Gasteiger partial charge on any atom is 0.257 e. The number of fused-ring (bicyclic) bond motifs is 1. The van der Waals surface area contributed by atoms with Gasteiger partial charge in [-0.15, -0.1) is 11.3 Å². The summed E-state index contributed by atoms with van der Waals surface area (Å²) in [7, 11) is 0. The molecule has 0 radical (unpaired) electrons. The van der Waals surface area contributed by atoms with Crippen molar-refractivity contribution in [3.05, 3.63) is 46.0 Å². The number of nitrogens with zero attached hydrogens (tertiary/aromatic N) is 1. The Kier molecular flexibility index (Phi) is 3.96. The van der Waals surface area contributed by atoms with Crippen LogP contribution < -0.4 is 5.32 Å². The van der Waals surface area contributed by atoms with Crippen molar-refractivity contribution in [2.75, 3.05) is 5.32 Å². The minimum absolute atomic E-state index is 0.0436. The highest BCUT2D eigenvalue weighted by atomic mass is 32.1. The van der Waals surface area contributed by atoms with Crippen LogP contribution in [0.2, 0.25) is 0 Å². The Bertz CT molecular complexity index is 641. The summed E-state index contributed by atoms with van der Waals surface area (Å²) in [5, 5.41) is 3.12. The molecule has 0 aliphatic heterocycles. The van der Waals surface area contributed by atoms with E-state index in [2.05, 4.69) is 10.3 Å². The van der Waals surface area contributed by atoms with Gasteiger partial charge in [-0.25, -0.2) is 13.8 Å². The summed E-state index contributed by atoms with van der Waals surface area (Å²) in [5.41, 5.74) is 0.996. The summed E-state index contributed by atoms with van der Waals surface area (Å²) in [6.45, 7) is 0. The number of anilines is 1. The van der Waals surface area contributed by atoms with E-state index in [4.69, 9.17) is 0 Å². The molecule has 1 aromatic heterocycles. The highest BCUT2D eigenvalue weighted by Gasteiger charge is 2.16. The van der Waals surface area contributed by atoms with E-state index in [1.807, 2.05) is 0 Å². The topological polar surface area (TPSA) is 42.0 Å². The van der Waals surface area contributed by atoms with Gasteiger partial charge in [-0.3, -0.25) is 10.1 Å². The standard InChI is InChI=1S/C15H14F2N2OS/c16-10-6-9(7-11(17)8-10)14(20)19-15-18-12-4-2-1-3-5-13(12)21-15/h6-8H,1-5H2,(H,18,19,20). The van der Waals surface area contributed by atoms with Gasteiger partial charge in [0.15, 0.2) is 5.13 Å². The lowest BCUT2D eigenvalue weighted by Gasteiger charge is -2.02. The first kappa shape index (κ1) is 14.1. The van der Waals surface area contributed by atoms with E-state index >= 15 is 0 Å². The monoisotopic (exact) mass is 308 g/mol. The molecule has 0 saturated carbocycles. The first-order chi connectivity index (χ1) is 10.1. The number of thiazole rings is 1. The van der Waals surface area contributed by atoms with Crippen LogP contribution in [0.3, 0.4) is 0 Å². The Morgan fingerprint density at radius 2 is 1.81 bits per heavy atom. The molecule has 3 nitrogen and oxygen atoms in total. The maximum absolute atomic E-state index is 13.1. The summed E-state index contributed by atoms with van der Waals surface area (Å²) >= 11 is 1.45. The van der Waals surface area contributed by atoms with E-state index in [0.29, 0.717) is 5.13 Å². The van der Waals surface area contributed by atoms with Crippen molar-refractivity contribution in [2.45, 2.75) is 32.1 Å². The van der Waals surface area contributed by atoms with Gasteiger partial charge < -0.3 is 0 Å². The summed E-state index contributed by atoms with van der Waals surface area (Å²) in [6.07, 6.45) is 5.36. The van der Waals surface area contributed by atoms with E-state index in [0.717, 1.165) is 49.6 Å². The van der Waals surface area contributed by atoms with Crippen molar-refractivity contribution in [1.29, 1.82) is 0 Å². The molecule has 0 saturated heterocycles. The normalized spacial score (nSPS) is 14.4. The van der Waals surface area contributed by atoms with Crippen LogP contribution in [0.4, 0.5) is 13.9 Å². The lowest BCUT2D eigenvalue weighted by molar-refractivity contribution is 0.102. The second kappa shape index (κ2) is 5.89. The molecule has 110 valence electrons. The quantitative estimate of drug-likeness (QED) is 0.854. The SMILES string of the molecule is O=C(Nc1nc2c(s1)CCCCC2)c1cc(F)cc(F)c1. The predicted octanol–water partition coefficient (Wildman–Crippen LogP) is 3.94. The predicted molar refractivity (Wildman–Crippen MR) is 77.7 cm³/mol. The van der Waals surface area contributed by atoms with Crippen molar-refractivity contribution in [3.8, 4) is 0 Å². The molecule has 1 N–H and O–H groups in total. The van der Waals surface area contributed by atoms with Crippen LogP contribution >= 0.6 is 11.3 Å². The van der Waals surface area contributed by atoms with Gasteiger partial charge in [0.1, 0.15) is 11.6 Å². The Balaban J connectivity index is 1.78. The summed E-state index contributed by atoms with van der Waals surface area (Å²) in [4.78, 5) is 17.6. The molecule has 1 aliphatic rings. The third-order valence-corrected chi connectivity index (χ3v) is 4.51. The molecule has 3 rings (SSSR count). The molecule has 1 aromatic carbocycles. The molecule has 0 spiro atoms. The molecule has 0 fully saturated rings. The average Bonchev–Trinajstić information content (AvgIpc) is 2.66. The van der Waals surface area contributed by atoms with Gasteiger partial charge in [0.25, 0.3) is 5.91 Å². The van der Waals surface area contributed by atoms with Crippen molar-refractivity contribution >= 4 is 22.4 Å². The zero-order valence-electron chi connectivity index (χ0n) is 11.3. The number of halogens is 2. The number of nitrogens with one attached hydrogen (secondary N) is 1. The zero-order chi connectivity index (χ0) is 14.8. The van der Waals surface area contributed by atoms with Crippen LogP contribution in [0, 0.1) is 11.6 Å². The van der Waals surface area contributed by atoms with Crippen molar-refractivity contribution in [1.82, 2.24) is 4.98 Å². The molecular weight excluding hydrogens is 294 g/mol. The molecular formula is C15H14F2N2OS. The number of amides is 1. The van der Waals surface area contributed by atoms with Crippen molar-refractivity contribution in [2.24, 2.45) is 0 Å². The number of rotatable bonds is 2. The Morgan fingerprint density at radius 3 is 2.57 bits per heavy atom. The smallest absolute Gasteiger partial charge is 0.257 e. The van der Waals surface area contributed by atoms with E-state index in [-0.39, 0.29) is 5.56 Å². The van der Waals surface area contributed by atoms with Gasteiger partial charge in [0, 0.05) is 16.5 Å². The third-order valence-electron chi connectivity index (χ3n) is 3.44. The minimum Gasteiger partial charge on any atom is -0.298 e. The maximum atomic E-state index is 13.1. The second-order valence-electron chi connectivity index (χ2n) is 5.06. The largest absolute Gasteiger partial charge is 0.298 e. The van der Waals surface area contributed by atoms with Crippen LogP contribution in [-0.4, -0.2) is 10.9 Å². The Labute approximate surface area is 125 Å². The lowest BCUT2D eigenvalue weighted by Crippen LogP contribution is -2.12. The van der Waals surface area contributed by atoms with E-state index in [1.54, 1.807) is 0 Å². The summed E-state index contributed by atoms with van der Waals surface area (Å²) < 4.78 is 26.2. The molecule has 21 heavy (non-hydrogen) atoms. The van der Waals surface area contributed by atoms with Crippen molar-refractivity contribution in [3.63, 3.8) is 0 Å². The molecule has 0 unspecified atom stereocenters. The van der Waals surface area contributed by atoms with Gasteiger partial charge >= 0.3 is 0 Å². The molecule has 1 amide bonds. The summed E-state index contributed by atoms with van der Waals surface area (Å²) in [6, 6.07) is 2.76. The van der Waals surface area contributed by atoms with E-state index in [9.17, 15) is 13.6 Å². The summed E-state index contributed by atoms with van der Waals surface area (Å²) in [5.74, 6) is -2.08. The first-order valence-corrected chi connectivity index (χ1v) is 7.69. The number of aryl methyl sites for hydroxylation is 2. The third kappa shape index (κ3) is 3.26. The first-order valence-electron chi connectivity index (χ1n) is 6.88. The van der Waals surface area contributed by atoms with Crippen molar-refractivity contribution < 1.29 is 13.6 Å². The fourth-order valence-electron chi connectivity index (χ4n) is 2.44. The van der Waals surface area contributed by atoms with Gasteiger partial charge in [-0.1, -0.05) is 6.42 Å². The average molecular weight is 308 g/mol. The van der Waals surface area contributed by atoms with Gasteiger partial charge in [-0.2, -0.15) is 0 Å². The highest BCUT2D eigenvalue weighted by molar-refractivity contribution is 7.15. The van der Waals surface area contributed by atoms with E-state index in [1.165, 1.54) is 22.6 Å². The Morgan fingerprint density at radius 1 is 1.10 bits per heavy atom. The van der Waals surface area contributed by atoms with Crippen LogP contribution in [-0.2, 0) is 12.8 Å². The van der Waals surface area contributed by atoms with E-state index < -0.39 is 17.5 Å². The number of aromatic nitrogens is 1. The van der Waals surface area contributed by atoms with Gasteiger partial charge in [0.05, 0.1) is 5.69 Å². The number of benzene rings is 1. The van der Waals surface area contributed by atoms with Gasteiger partial charge in [-0.05, 0) is 37.8 Å². The molecule has 1 heterocycles. The van der Waals surface area contributed by atoms with Crippen LogP contribution in [0.5, 0.6) is 0 Å². The molecule has 0 bridgehead atoms. The fraction of sp³-hybridized carbons (Fsp3) is 0.333. The fourth-order valence-corrected chi connectivity index (χ4v) is 3.48. The minimum atomic E-state index is -0.768. The molecule has 1 aliphatic carbocycles.